The van der Waals surface area contributed by atoms with Gasteiger partial charge in [-0.3, -0.25) is 9.89 Å². The first-order valence-electron chi connectivity index (χ1n) is 13.2. The quantitative estimate of drug-likeness (QED) is 0.575. The Hall–Kier alpha value is -2.72. The van der Waals surface area contributed by atoms with Gasteiger partial charge in [-0.2, -0.15) is 5.10 Å². The van der Waals surface area contributed by atoms with E-state index in [1.54, 1.807) is 0 Å². The number of carbonyl (C=O) groups excluding carboxylic acids is 1. The third-order valence-electron chi connectivity index (χ3n) is 7.55. The van der Waals surface area contributed by atoms with Gasteiger partial charge in [0.05, 0.1) is 6.04 Å². The number of hydrogen-bond acceptors (Lipinski definition) is 8. The molecule has 0 aliphatic carbocycles. The second-order valence-electron chi connectivity index (χ2n) is 10.4. The van der Waals surface area contributed by atoms with Gasteiger partial charge in [0.25, 0.3) is 0 Å². The maximum atomic E-state index is 12.9. The molecule has 3 aliphatic heterocycles. The van der Waals surface area contributed by atoms with E-state index in [0.717, 1.165) is 107 Å². The molecule has 5 heterocycles. The molecule has 35 heavy (non-hydrogen) atoms. The largest absolute Gasteiger partial charge is 0.354 e. The van der Waals surface area contributed by atoms with Crippen LogP contribution in [-0.4, -0.2) is 94.8 Å². The molecule has 0 spiro atoms. The number of rotatable bonds is 6. The Morgan fingerprint density at radius 1 is 1.03 bits per heavy atom. The number of piperazine rings is 1. The van der Waals surface area contributed by atoms with Crippen molar-refractivity contribution in [1.82, 2.24) is 35.3 Å². The Kier molecular flexibility index (Phi) is 7.48. The monoisotopic (exact) mass is 481 g/mol. The Balaban J connectivity index is 1.25. The number of piperidine rings is 2. The SMILES string of the molecule is Cc1cc(Nc2cc(N3CCN(C)CC3)nc(CC3CCN(C(=O)C4CCCCN4)CC3)n2)n[nH]1. The van der Waals surface area contributed by atoms with Crippen molar-refractivity contribution in [2.45, 2.75) is 51.5 Å². The molecule has 0 aromatic carbocycles. The highest BCUT2D eigenvalue weighted by Crippen LogP contribution is 2.25. The van der Waals surface area contributed by atoms with Crippen molar-refractivity contribution in [3.05, 3.63) is 23.7 Å². The van der Waals surface area contributed by atoms with Gasteiger partial charge >= 0.3 is 0 Å². The van der Waals surface area contributed by atoms with E-state index in [2.05, 4.69) is 42.6 Å². The predicted molar refractivity (Wildman–Crippen MR) is 137 cm³/mol. The molecule has 0 saturated carbocycles. The second kappa shape index (κ2) is 10.9. The average molecular weight is 482 g/mol. The van der Waals surface area contributed by atoms with Crippen molar-refractivity contribution in [2.24, 2.45) is 5.92 Å². The van der Waals surface area contributed by atoms with E-state index >= 15 is 0 Å². The van der Waals surface area contributed by atoms with Crippen molar-refractivity contribution in [1.29, 1.82) is 0 Å². The van der Waals surface area contributed by atoms with E-state index in [1.807, 2.05) is 19.1 Å². The Morgan fingerprint density at radius 3 is 2.51 bits per heavy atom. The number of hydrogen-bond donors (Lipinski definition) is 3. The van der Waals surface area contributed by atoms with Gasteiger partial charge in [0.15, 0.2) is 5.82 Å². The summed E-state index contributed by atoms with van der Waals surface area (Å²) < 4.78 is 0. The fourth-order valence-corrected chi connectivity index (χ4v) is 5.35. The van der Waals surface area contributed by atoms with Crippen LogP contribution in [0.3, 0.4) is 0 Å². The molecule has 1 unspecified atom stereocenters. The van der Waals surface area contributed by atoms with Crippen molar-refractivity contribution < 1.29 is 4.79 Å². The van der Waals surface area contributed by atoms with Gasteiger partial charge in [-0.05, 0) is 52.1 Å². The molecule has 190 valence electrons. The van der Waals surface area contributed by atoms with Crippen LogP contribution in [0.25, 0.3) is 0 Å². The number of carbonyl (C=O) groups is 1. The van der Waals surface area contributed by atoms with Gasteiger partial charge in [0.1, 0.15) is 17.5 Å². The molecule has 10 heteroatoms. The average Bonchev–Trinajstić information content (AvgIpc) is 3.29. The van der Waals surface area contributed by atoms with E-state index in [4.69, 9.17) is 9.97 Å². The molecular formula is C25H39N9O. The molecular weight excluding hydrogens is 442 g/mol. The number of likely N-dealkylation sites (tertiary alicyclic amines) is 1. The lowest BCUT2D eigenvalue weighted by atomic mass is 9.92. The number of amides is 1. The summed E-state index contributed by atoms with van der Waals surface area (Å²) in [5.74, 6) is 4.17. The summed E-state index contributed by atoms with van der Waals surface area (Å²) in [5, 5.41) is 14.1. The number of H-pyrrole nitrogens is 1. The van der Waals surface area contributed by atoms with Crippen molar-refractivity contribution in [2.75, 3.05) is 63.1 Å². The molecule has 5 rings (SSSR count). The molecule has 10 nitrogen and oxygen atoms in total. The lowest BCUT2D eigenvalue weighted by Crippen LogP contribution is -2.50. The third-order valence-corrected chi connectivity index (χ3v) is 7.55. The molecule has 2 aromatic heterocycles. The van der Waals surface area contributed by atoms with Crippen LogP contribution in [-0.2, 0) is 11.2 Å². The lowest BCUT2D eigenvalue weighted by Gasteiger charge is -2.35. The molecule has 1 amide bonds. The fourth-order valence-electron chi connectivity index (χ4n) is 5.35. The highest BCUT2D eigenvalue weighted by atomic mass is 16.2. The fraction of sp³-hybridized carbons (Fsp3) is 0.680. The standard InChI is InChI=1S/C25H39N9O/c1-18-15-23(31-30-18)28-22-17-24(33-13-11-32(2)12-14-33)29-21(27-22)16-19-6-9-34(10-7-19)25(35)20-5-3-4-8-26-20/h15,17,19-20,26H,3-14,16H2,1-2H3,(H2,27,28,29,30,31). The minimum absolute atomic E-state index is 0.0169. The van der Waals surface area contributed by atoms with E-state index < -0.39 is 0 Å². The van der Waals surface area contributed by atoms with E-state index in [9.17, 15) is 4.79 Å². The van der Waals surface area contributed by atoms with Gasteiger partial charge in [-0.1, -0.05) is 6.42 Å². The first-order chi connectivity index (χ1) is 17.0. The van der Waals surface area contributed by atoms with E-state index in [-0.39, 0.29) is 11.9 Å². The summed E-state index contributed by atoms with van der Waals surface area (Å²) in [7, 11) is 2.16. The van der Waals surface area contributed by atoms with E-state index in [0.29, 0.717) is 5.92 Å². The summed E-state index contributed by atoms with van der Waals surface area (Å²) >= 11 is 0. The van der Waals surface area contributed by atoms with Crippen molar-refractivity contribution in [3.63, 3.8) is 0 Å². The van der Waals surface area contributed by atoms with Crippen LogP contribution < -0.4 is 15.5 Å². The number of nitrogens with one attached hydrogen (secondary N) is 3. The normalized spacial score (nSPS) is 22.4. The van der Waals surface area contributed by atoms with Gasteiger partial charge in [-0.25, -0.2) is 9.97 Å². The van der Waals surface area contributed by atoms with Crippen LogP contribution in [0.4, 0.5) is 17.5 Å². The summed E-state index contributed by atoms with van der Waals surface area (Å²) in [6.07, 6.45) is 6.13. The first-order valence-corrected chi connectivity index (χ1v) is 13.2. The molecule has 3 N–H and O–H groups in total. The van der Waals surface area contributed by atoms with E-state index in [1.165, 1.54) is 6.42 Å². The summed E-state index contributed by atoms with van der Waals surface area (Å²) in [6.45, 7) is 8.59. The molecule has 0 bridgehead atoms. The number of likely N-dealkylation sites (N-methyl/N-ethyl adjacent to an activating group) is 1. The van der Waals surface area contributed by atoms with Gasteiger partial charge in [0.2, 0.25) is 5.91 Å². The molecule has 2 aromatic rings. The Morgan fingerprint density at radius 2 is 1.83 bits per heavy atom. The Labute approximate surface area is 207 Å². The lowest BCUT2D eigenvalue weighted by molar-refractivity contribution is -0.135. The summed E-state index contributed by atoms with van der Waals surface area (Å²) in [4.78, 5) is 29.5. The highest BCUT2D eigenvalue weighted by Gasteiger charge is 2.29. The first kappa shape index (κ1) is 24.0. The molecule has 0 radical (unpaired) electrons. The Bertz CT molecular complexity index is 987. The second-order valence-corrected chi connectivity index (χ2v) is 10.4. The predicted octanol–water partition coefficient (Wildman–Crippen LogP) is 1.93. The van der Waals surface area contributed by atoms with Crippen LogP contribution in [0, 0.1) is 12.8 Å². The minimum atomic E-state index is 0.0169. The smallest absolute Gasteiger partial charge is 0.239 e. The third kappa shape index (κ3) is 6.10. The van der Waals surface area contributed by atoms with Crippen LogP contribution in [0.2, 0.25) is 0 Å². The summed E-state index contributed by atoms with van der Waals surface area (Å²) in [5.41, 5.74) is 1.01. The van der Waals surface area contributed by atoms with Crippen LogP contribution in [0.5, 0.6) is 0 Å². The number of aromatic amines is 1. The van der Waals surface area contributed by atoms with Gasteiger partial charge in [-0.15, -0.1) is 0 Å². The number of aryl methyl sites for hydroxylation is 1. The van der Waals surface area contributed by atoms with Gasteiger partial charge in [0, 0.05) is 63.5 Å². The van der Waals surface area contributed by atoms with Gasteiger partial charge < -0.3 is 25.3 Å². The van der Waals surface area contributed by atoms with Crippen LogP contribution >= 0.6 is 0 Å². The summed E-state index contributed by atoms with van der Waals surface area (Å²) in [6, 6.07) is 4.03. The minimum Gasteiger partial charge on any atom is -0.354 e. The zero-order valence-electron chi connectivity index (χ0n) is 21.1. The highest BCUT2D eigenvalue weighted by molar-refractivity contribution is 5.82. The van der Waals surface area contributed by atoms with Crippen LogP contribution in [0.1, 0.15) is 43.6 Å². The molecule has 1 atom stereocenters. The zero-order valence-corrected chi connectivity index (χ0v) is 21.1. The topological polar surface area (TPSA) is 105 Å². The molecule has 3 fully saturated rings. The molecule has 3 aliphatic rings. The zero-order chi connectivity index (χ0) is 24.2. The number of nitrogens with zero attached hydrogens (tertiary/aromatic N) is 6. The maximum Gasteiger partial charge on any atom is 0.239 e. The van der Waals surface area contributed by atoms with Crippen LogP contribution in [0.15, 0.2) is 12.1 Å². The van der Waals surface area contributed by atoms with Crippen molar-refractivity contribution >= 4 is 23.4 Å². The maximum absolute atomic E-state index is 12.9. The number of aromatic nitrogens is 4. The van der Waals surface area contributed by atoms with Crippen molar-refractivity contribution in [3.8, 4) is 0 Å². The molecule has 3 saturated heterocycles. The number of anilines is 3.